The number of ether oxygens (including phenoxy) is 1. The number of amides is 3. The summed E-state index contributed by atoms with van der Waals surface area (Å²) in [4.78, 5) is 39.2. The molecular formula is C27H22BrClN2O4S. The van der Waals surface area contributed by atoms with Crippen molar-refractivity contribution in [1.29, 1.82) is 0 Å². The molecule has 3 aromatic rings. The van der Waals surface area contributed by atoms with Crippen molar-refractivity contribution >= 4 is 68.1 Å². The van der Waals surface area contributed by atoms with E-state index in [0.29, 0.717) is 22.0 Å². The molecule has 184 valence electrons. The fourth-order valence-electron chi connectivity index (χ4n) is 3.48. The van der Waals surface area contributed by atoms with E-state index in [1.165, 1.54) is 0 Å². The van der Waals surface area contributed by atoms with Crippen molar-refractivity contribution in [3.8, 4) is 5.75 Å². The Kier molecular flexibility index (Phi) is 8.18. The molecular weight excluding hydrogens is 564 g/mol. The Labute approximate surface area is 226 Å². The molecule has 6 nitrogen and oxygen atoms in total. The van der Waals surface area contributed by atoms with Crippen LogP contribution in [0.15, 0.2) is 70.0 Å². The molecule has 0 aliphatic carbocycles. The van der Waals surface area contributed by atoms with Gasteiger partial charge in [0, 0.05) is 26.3 Å². The number of rotatable bonds is 7. The molecule has 36 heavy (non-hydrogen) atoms. The minimum atomic E-state index is -0.530. The summed E-state index contributed by atoms with van der Waals surface area (Å²) < 4.78 is 6.76. The summed E-state index contributed by atoms with van der Waals surface area (Å²) in [5, 5.41) is 2.83. The molecule has 1 heterocycles. The lowest BCUT2D eigenvalue weighted by Crippen LogP contribution is -2.36. The van der Waals surface area contributed by atoms with Crippen molar-refractivity contribution in [3.63, 3.8) is 0 Å². The zero-order valence-electron chi connectivity index (χ0n) is 19.5. The molecule has 4 rings (SSSR count). The molecule has 0 aromatic heterocycles. The predicted octanol–water partition coefficient (Wildman–Crippen LogP) is 6.97. The van der Waals surface area contributed by atoms with Gasteiger partial charge in [0.05, 0.1) is 4.91 Å². The predicted molar refractivity (Wildman–Crippen MR) is 147 cm³/mol. The number of anilines is 1. The maximum Gasteiger partial charge on any atom is 0.294 e. The molecule has 1 fully saturated rings. The number of nitrogens with one attached hydrogen (secondary N) is 1. The summed E-state index contributed by atoms with van der Waals surface area (Å²) >= 11 is 10.5. The first-order valence-corrected chi connectivity index (χ1v) is 13.0. The highest BCUT2D eigenvalue weighted by molar-refractivity contribution is 9.10. The average Bonchev–Trinajstić information content (AvgIpc) is 3.09. The lowest BCUT2D eigenvalue weighted by molar-refractivity contribution is -0.127. The van der Waals surface area contributed by atoms with Gasteiger partial charge in [0.15, 0.2) is 0 Å². The topological polar surface area (TPSA) is 75.7 Å². The highest BCUT2D eigenvalue weighted by atomic mass is 79.9. The van der Waals surface area contributed by atoms with Gasteiger partial charge in [-0.15, -0.1) is 0 Å². The van der Waals surface area contributed by atoms with E-state index in [9.17, 15) is 14.4 Å². The van der Waals surface area contributed by atoms with Gasteiger partial charge >= 0.3 is 0 Å². The smallest absolute Gasteiger partial charge is 0.294 e. The standard InChI is InChI=1S/C27H22BrClN2O4S/c1-16-7-9-21(11-17(16)2)30-25(32)14-31-26(33)24(36-27(31)34)13-19-12-20(28)8-10-23(19)35-15-18-5-3-4-6-22(18)29/h3-13H,14-15H2,1-2H3,(H,30,32)/b24-13+. The third kappa shape index (κ3) is 6.19. The van der Waals surface area contributed by atoms with Crippen LogP contribution in [0.3, 0.4) is 0 Å². The molecule has 1 aliphatic heterocycles. The van der Waals surface area contributed by atoms with Crippen LogP contribution in [0.5, 0.6) is 5.75 Å². The molecule has 3 amide bonds. The first kappa shape index (κ1) is 26.0. The Balaban J connectivity index is 1.48. The fraction of sp³-hybridized carbons (Fsp3) is 0.148. The number of hydrogen-bond donors (Lipinski definition) is 1. The number of carbonyl (C=O) groups excluding carboxylic acids is 3. The first-order valence-electron chi connectivity index (χ1n) is 11.0. The van der Waals surface area contributed by atoms with Crippen molar-refractivity contribution < 1.29 is 19.1 Å². The number of imide groups is 1. The highest BCUT2D eigenvalue weighted by Crippen LogP contribution is 2.35. The van der Waals surface area contributed by atoms with E-state index in [1.54, 1.807) is 30.3 Å². The molecule has 0 unspecified atom stereocenters. The van der Waals surface area contributed by atoms with Crippen LogP contribution in [0.2, 0.25) is 5.02 Å². The molecule has 0 bridgehead atoms. The maximum atomic E-state index is 13.0. The van der Waals surface area contributed by atoms with E-state index in [2.05, 4.69) is 21.2 Å². The minimum Gasteiger partial charge on any atom is -0.488 e. The average molecular weight is 586 g/mol. The van der Waals surface area contributed by atoms with Gasteiger partial charge in [0.2, 0.25) is 5.91 Å². The van der Waals surface area contributed by atoms with Gasteiger partial charge in [-0.05, 0) is 79.2 Å². The molecule has 0 spiro atoms. The molecule has 0 saturated carbocycles. The molecule has 3 aromatic carbocycles. The Hall–Kier alpha value is -3.07. The number of benzene rings is 3. The monoisotopic (exact) mass is 584 g/mol. The quantitative estimate of drug-likeness (QED) is 0.303. The lowest BCUT2D eigenvalue weighted by atomic mass is 10.1. The van der Waals surface area contributed by atoms with Crippen LogP contribution in [0.4, 0.5) is 10.5 Å². The van der Waals surface area contributed by atoms with Gasteiger partial charge in [0.1, 0.15) is 18.9 Å². The SMILES string of the molecule is Cc1ccc(NC(=O)CN2C(=O)S/C(=C/c3cc(Br)ccc3OCc3ccccc3Cl)C2=O)cc1C. The molecule has 1 N–H and O–H groups in total. The van der Waals surface area contributed by atoms with Crippen molar-refractivity contribution in [2.24, 2.45) is 0 Å². The second-order valence-corrected chi connectivity index (χ2v) is 10.5. The van der Waals surface area contributed by atoms with Crippen LogP contribution in [-0.4, -0.2) is 28.5 Å². The zero-order chi connectivity index (χ0) is 25.8. The van der Waals surface area contributed by atoms with Gasteiger partial charge in [-0.3, -0.25) is 19.3 Å². The Bertz CT molecular complexity index is 1390. The van der Waals surface area contributed by atoms with E-state index in [0.717, 1.165) is 37.8 Å². The van der Waals surface area contributed by atoms with Crippen molar-refractivity contribution in [1.82, 2.24) is 4.90 Å². The van der Waals surface area contributed by atoms with Gasteiger partial charge < -0.3 is 10.1 Å². The third-order valence-electron chi connectivity index (χ3n) is 5.57. The summed E-state index contributed by atoms with van der Waals surface area (Å²) in [6.07, 6.45) is 1.60. The van der Waals surface area contributed by atoms with Gasteiger partial charge in [-0.1, -0.05) is 51.8 Å². The van der Waals surface area contributed by atoms with E-state index < -0.39 is 17.1 Å². The summed E-state index contributed by atoms with van der Waals surface area (Å²) in [6.45, 7) is 3.79. The van der Waals surface area contributed by atoms with Crippen LogP contribution < -0.4 is 10.1 Å². The summed E-state index contributed by atoms with van der Waals surface area (Å²) in [7, 11) is 0. The highest BCUT2D eigenvalue weighted by Gasteiger charge is 2.36. The molecule has 0 atom stereocenters. The molecule has 1 aliphatic rings. The van der Waals surface area contributed by atoms with Crippen LogP contribution in [0, 0.1) is 13.8 Å². The number of halogens is 2. The van der Waals surface area contributed by atoms with Gasteiger partial charge in [0.25, 0.3) is 11.1 Å². The van der Waals surface area contributed by atoms with Crippen LogP contribution in [0.25, 0.3) is 6.08 Å². The van der Waals surface area contributed by atoms with E-state index in [4.69, 9.17) is 16.3 Å². The number of carbonyl (C=O) groups is 3. The number of nitrogens with zero attached hydrogens (tertiary/aromatic N) is 1. The third-order valence-corrected chi connectivity index (χ3v) is 7.33. The number of thioether (sulfide) groups is 1. The first-order chi connectivity index (χ1) is 17.2. The largest absolute Gasteiger partial charge is 0.488 e. The summed E-state index contributed by atoms with van der Waals surface area (Å²) in [5.41, 5.74) is 4.18. The fourth-order valence-corrected chi connectivity index (χ4v) is 4.87. The summed E-state index contributed by atoms with van der Waals surface area (Å²) in [6, 6.07) is 18.3. The Morgan fingerprint density at radius 1 is 1.08 bits per heavy atom. The summed E-state index contributed by atoms with van der Waals surface area (Å²) in [5.74, 6) is -0.456. The van der Waals surface area contributed by atoms with Crippen LogP contribution >= 0.6 is 39.3 Å². The van der Waals surface area contributed by atoms with E-state index >= 15 is 0 Å². The molecule has 1 saturated heterocycles. The van der Waals surface area contributed by atoms with Gasteiger partial charge in [-0.2, -0.15) is 0 Å². The Morgan fingerprint density at radius 3 is 2.61 bits per heavy atom. The lowest BCUT2D eigenvalue weighted by Gasteiger charge is -2.13. The van der Waals surface area contributed by atoms with Crippen LogP contribution in [-0.2, 0) is 16.2 Å². The normalized spacial score (nSPS) is 14.4. The molecule has 9 heteroatoms. The van der Waals surface area contributed by atoms with Crippen molar-refractivity contribution in [2.45, 2.75) is 20.5 Å². The number of aryl methyl sites for hydroxylation is 2. The Morgan fingerprint density at radius 2 is 1.86 bits per heavy atom. The van der Waals surface area contributed by atoms with Crippen LogP contribution in [0.1, 0.15) is 22.3 Å². The van der Waals surface area contributed by atoms with E-state index in [-0.39, 0.29) is 18.1 Å². The zero-order valence-corrected chi connectivity index (χ0v) is 22.7. The van der Waals surface area contributed by atoms with E-state index in [1.807, 2.05) is 50.2 Å². The molecule has 0 radical (unpaired) electrons. The second-order valence-electron chi connectivity index (χ2n) is 8.18. The second kappa shape index (κ2) is 11.3. The van der Waals surface area contributed by atoms with Crippen molar-refractivity contribution in [3.05, 3.63) is 97.3 Å². The van der Waals surface area contributed by atoms with Gasteiger partial charge in [-0.25, -0.2) is 0 Å². The van der Waals surface area contributed by atoms with Crippen molar-refractivity contribution in [2.75, 3.05) is 11.9 Å². The number of hydrogen-bond acceptors (Lipinski definition) is 5. The maximum absolute atomic E-state index is 13.0. The minimum absolute atomic E-state index is 0.208.